The molecule has 0 saturated carbocycles. The molecule has 7 heteroatoms. The number of phenols is 1. The first-order valence-electron chi connectivity index (χ1n) is 7.51. The van der Waals surface area contributed by atoms with Crippen LogP contribution in [0.5, 0.6) is 5.75 Å². The summed E-state index contributed by atoms with van der Waals surface area (Å²) in [6.07, 6.45) is 0.436. The summed E-state index contributed by atoms with van der Waals surface area (Å²) in [6.45, 7) is 0.538. The van der Waals surface area contributed by atoms with E-state index in [1.54, 1.807) is 0 Å². The Morgan fingerprint density at radius 3 is 2.67 bits per heavy atom. The van der Waals surface area contributed by atoms with Gasteiger partial charge in [0.15, 0.2) is 5.75 Å². The second-order valence-corrected chi connectivity index (χ2v) is 5.53. The van der Waals surface area contributed by atoms with Crippen molar-refractivity contribution in [2.75, 3.05) is 6.61 Å². The van der Waals surface area contributed by atoms with Gasteiger partial charge in [-0.25, -0.2) is 0 Å². The van der Waals surface area contributed by atoms with E-state index < -0.39 is 22.3 Å². The number of amides is 1. The fourth-order valence-corrected chi connectivity index (χ4v) is 2.78. The molecule has 2 aromatic carbocycles. The van der Waals surface area contributed by atoms with E-state index in [1.807, 2.05) is 30.3 Å². The number of nitro benzene ring substituents is 1. The molecule has 124 valence electrons. The van der Waals surface area contributed by atoms with Gasteiger partial charge in [0.05, 0.1) is 11.0 Å². The molecule has 1 aliphatic heterocycles. The van der Waals surface area contributed by atoms with E-state index in [2.05, 4.69) is 5.32 Å². The summed E-state index contributed by atoms with van der Waals surface area (Å²) < 4.78 is 5.71. The standard InChI is InChI=1S/C17H16N2O5/c20-15-10-12(6-7-14(15)19(22)23)17(21)18-13-8-9-24-16(13)11-4-2-1-3-5-11/h1-7,10,13,16,20H,8-9H2,(H,18,21). The van der Waals surface area contributed by atoms with Crippen LogP contribution in [0.2, 0.25) is 0 Å². The van der Waals surface area contributed by atoms with Crippen LogP contribution in [-0.2, 0) is 4.74 Å². The molecule has 24 heavy (non-hydrogen) atoms. The van der Waals surface area contributed by atoms with Crippen molar-refractivity contribution in [1.29, 1.82) is 0 Å². The highest BCUT2D eigenvalue weighted by atomic mass is 16.6. The summed E-state index contributed by atoms with van der Waals surface area (Å²) in [4.78, 5) is 22.4. The van der Waals surface area contributed by atoms with Crippen molar-refractivity contribution in [1.82, 2.24) is 5.32 Å². The van der Waals surface area contributed by atoms with Crippen molar-refractivity contribution >= 4 is 11.6 Å². The van der Waals surface area contributed by atoms with Gasteiger partial charge in [0.25, 0.3) is 5.91 Å². The van der Waals surface area contributed by atoms with Gasteiger partial charge >= 0.3 is 5.69 Å². The topological polar surface area (TPSA) is 102 Å². The minimum absolute atomic E-state index is 0.164. The van der Waals surface area contributed by atoms with E-state index in [-0.39, 0.29) is 17.7 Å². The number of nitrogens with one attached hydrogen (secondary N) is 1. The van der Waals surface area contributed by atoms with Gasteiger partial charge in [-0.05, 0) is 24.1 Å². The van der Waals surface area contributed by atoms with E-state index in [4.69, 9.17) is 4.74 Å². The number of rotatable bonds is 4. The van der Waals surface area contributed by atoms with Crippen LogP contribution in [-0.4, -0.2) is 28.6 Å². The fraction of sp³-hybridized carbons (Fsp3) is 0.235. The van der Waals surface area contributed by atoms with E-state index in [0.717, 1.165) is 17.7 Å². The van der Waals surface area contributed by atoms with Crippen molar-refractivity contribution in [3.05, 3.63) is 69.8 Å². The Bertz CT molecular complexity index is 763. The van der Waals surface area contributed by atoms with Gasteiger partial charge in [0.1, 0.15) is 6.10 Å². The van der Waals surface area contributed by atoms with Crippen molar-refractivity contribution in [2.24, 2.45) is 0 Å². The molecular weight excluding hydrogens is 312 g/mol. The smallest absolute Gasteiger partial charge is 0.310 e. The monoisotopic (exact) mass is 328 g/mol. The van der Waals surface area contributed by atoms with Gasteiger partial charge in [-0.15, -0.1) is 0 Å². The number of carbonyl (C=O) groups excluding carboxylic acids is 1. The predicted octanol–water partition coefficient (Wildman–Crippen LogP) is 2.56. The Morgan fingerprint density at radius 2 is 2.00 bits per heavy atom. The molecule has 0 aromatic heterocycles. The van der Waals surface area contributed by atoms with Gasteiger partial charge < -0.3 is 15.2 Å². The maximum Gasteiger partial charge on any atom is 0.310 e. The predicted molar refractivity (Wildman–Crippen MR) is 85.8 cm³/mol. The lowest BCUT2D eigenvalue weighted by molar-refractivity contribution is -0.385. The zero-order chi connectivity index (χ0) is 17.1. The third-order valence-corrected chi connectivity index (χ3v) is 3.97. The Morgan fingerprint density at radius 1 is 1.25 bits per heavy atom. The second kappa shape index (κ2) is 6.67. The fourth-order valence-electron chi connectivity index (χ4n) is 2.78. The Balaban J connectivity index is 1.74. The number of carbonyl (C=O) groups is 1. The number of ether oxygens (including phenoxy) is 1. The number of aromatic hydroxyl groups is 1. The minimum Gasteiger partial charge on any atom is -0.502 e. The molecule has 1 amide bonds. The molecule has 2 atom stereocenters. The van der Waals surface area contributed by atoms with Crippen LogP contribution >= 0.6 is 0 Å². The van der Waals surface area contributed by atoms with Crippen molar-refractivity contribution < 1.29 is 19.6 Å². The van der Waals surface area contributed by atoms with Crippen molar-refractivity contribution in [2.45, 2.75) is 18.6 Å². The number of hydrogen-bond acceptors (Lipinski definition) is 5. The lowest BCUT2D eigenvalue weighted by Gasteiger charge is -2.20. The highest BCUT2D eigenvalue weighted by Gasteiger charge is 2.31. The SMILES string of the molecule is O=C(NC1CCOC1c1ccccc1)c1ccc([N+](=O)[O-])c(O)c1. The third kappa shape index (κ3) is 3.21. The van der Waals surface area contributed by atoms with E-state index in [0.29, 0.717) is 13.0 Å². The lowest BCUT2D eigenvalue weighted by Crippen LogP contribution is -2.36. The average Bonchev–Trinajstić information content (AvgIpc) is 3.03. The van der Waals surface area contributed by atoms with Gasteiger partial charge in [0.2, 0.25) is 0 Å². The summed E-state index contributed by atoms with van der Waals surface area (Å²) in [5, 5.41) is 23.2. The second-order valence-electron chi connectivity index (χ2n) is 5.53. The molecule has 0 bridgehead atoms. The van der Waals surface area contributed by atoms with Crippen LogP contribution in [0.25, 0.3) is 0 Å². The average molecular weight is 328 g/mol. The van der Waals surface area contributed by atoms with Crippen LogP contribution in [0.15, 0.2) is 48.5 Å². The van der Waals surface area contributed by atoms with E-state index in [9.17, 15) is 20.0 Å². The molecule has 0 aliphatic carbocycles. The normalized spacial score (nSPS) is 19.8. The van der Waals surface area contributed by atoms with Crippen LogP contribution in [0.3, 0.4) is 0 Å². The molecule has 7 nitrogen and oxygen atoms in total. The molecule has 2 unspecified atom stereocenters. The van der Waals surface area contributed by atoms with Gasteiger partial charge in [0, 0.05) is 18.2 Å². The molecule has 1 heterocycles. The Hall–Kier alpha value is -2.93. The first-order valence-corrected chi connectivity index (χ1v) is 7.51. The van der Waals surface area contributed by atoms with Crippen LogP contribution in [0, 0.1) is 10.1 Å². The molecular formula is C17H16N2O5. The van der Waals surface area contributed by atoms with Crippen molar-refractivity contribution in [3.63, 3.8) is 0 Å². The Labute approximate surface area is 138 Å². The summed E-state index contributed by atoms with van der Waals surface area (Å²) in [6, 6.07) is 12.9. The molecule has 1 aliphatic rings. The van der Waals surface area contributed by atoms with Crippen molar-refractivity contribution in [3.8, 4) is 5.75 Å². The number of hydrogen-bond donors (Lipinski definition) is 2. The Kier molecular flexibility index (Phi) is 4.43. The molecule has 2 N–H and O–H groups in total. The molecule has 1 saturated heterocycles. The highest BCUT2D eigenvalue weighted by molar-refractivity contribution is 5.95. The number of nitro groups is 1. The summed E-state index contributed by atoms with van der Waals surface area (Å²) in [7, 11) is 0. The number of nitrogens with zero attached hydrogens (tertiary/aromatic N) is 1. The van der Waals surface area contributed by atoms with E-state index >= 15 is 0 Å². The quantitative estimate of drug-likeness (QED) is 0.663. The minimum atomic E-state index is -0.701. The molecule has 3 rings (SSSR count). The summed E-state index contributed by atoms with van der Waals surface area (Å²) in [5.74, 6) is -0.938. The molecule has 1 fully saturated rings. The first kappa shape index (κ1) is 15.9. The summed E-state index contributed by atoms with van der Waals surface area (Å²) in [5.41, 5.74) is 0.710. The van der Waals surface area contributed by atoms with E-state index in [1.165, 1.54) is 6.07 Å². The zero-order valence-corrected chi connectivity index (χ0v) is 12.7. The molecule has 0 radical (unpaired) electrons. The van der Waals surface area contributed by atoms with Crippen LogP contribution in [0.1, 0.15) is 28.4 Å². The largest absolute Gasteiger partial charge is 0.502 e. The molecule has 0 spiro atoms. The first-order chi connectivity index (χ1) is 11.6. The van der Waals surface area contributed by atoms with Gasteiger partial charge in [-0.2, -0.15) is 0 Å². The zero-order valence-electron chi connectivity index (χ0n) is 12.7. The third-order valence-electron chi connectivity index (χ3n) is 3.97. The molecule has 2 aromatic rings. The van der Waals surface area contributed by atoms with Crippen LogP contribution in [0.4, 0.5) is 5.69 Å². The van der Waals surface area contributed by atoms with Crippen LogP contribution < -0.4 is 5.32 Å². The number of benzene rings is 2. The lowest BCUT2D eigenvalue weighted by atomic mass is 10.0. The van der Waals surface area contributed by atoms with Gasteiger partial charge in [-0.3, -0.25) is 14.9 Å². The summed E-state index contributed by atoms with van der Waals surface area (Å²) >= 11 is 0. The highest BCUT2D eigenvalue weighted by Crippen LogP contribution is 2.30. The maximum absolute atomic E-state index is 12.4. The van der Waals surface area contributed by atoms with Gasteiger partial charge in [-0.1, -0.05) is 30.3 Å². The maximum atomic E-state index is 12.4. The number of phenolic OH excluding ortho intramolecular Hbond substituents is 1.